The molecule has 114 valence electrons. The van der Waals surface area contributed by atoms with Crippen molar-refractivity contribution in [3.63, 3.8) is 0 Å². The van der Waals surface area contributed by atoms with Crippen LogP contribution in [0.1, 0.15) is 41.8 Å². The van der Waals surface area contributed by atoms with Crippen LogP contribution in [0.4, 0.5) is 8.78 Å². The average Bonchev–Trinajstić information content (AvgIpc) is 2.98. The van der Waals surface area contributed by atoms with Crippen LogP contribution in [0.3, 0.4) is 0 Å². The van der Waals surface area contributed by atoms with Gasteiger partial charge in [0.1, 0.15) is 0 Å². The van der Waals surface area contributed by atoms with Crippen molar-refractivity contribution in [2.75, 3.05) is 6.54 Å². The van der Waals surface area contributed by atoms with E-state index in [0.717, 1.165) is 25.8 Å². The molecule has 0 radical (unpaired) electrons. The lowest BCUT2D eigenvalue weighted by Gasteiger charge is -2.19. The van der Waals surface area contributed by atoms with E-state index in [1.54, 1.807) is 30.4 Å². The van der Waals surface area contributed by atoms with Crippen LogP contribution in [0.2, 0.25) is 0 Å². The molecule has 1 aromatic carbocycles. The third-order valence-electron chi connectivity index (χ3n) is 3.63. The zero-order chi connectivity index (χ0) is 15.2. The number of aryl methyl sites for hydroxylation is 2. The fraction of sp³-hybridized carbons (Fsp3) is 0.412. The maximum atomic E-state index is 14.1. The molecule has 0 aliphatic heterocycles. The molecule has 0 saturated carbocycles. The molecule has 1 unspecified atom stereocenters. The van der Waals surface area contributed by atoms with Crippen LogP contribution in [0, 0.1) is 18.6 Å². The molecule has 1 atom stereocenters. The van der Waals surface area contributed by atoms with Crippen LogP contribution < -0.4 is 5.32 Å². The quantitative estimate of drug-likeness (QED) is 0.758. The predicted molar refractivity (Wildman–Crippen MR) is 84.8 cm³/mol. The van der Waals surface area contributed by atoms with Crippen molar-refractivity contribution in [1.82, 2.24) is 5.32 Å². The molecule has 0 bridgehead atoms. The van der Waals surface area contributed by atoms with E-state index >= 15 is 0 Å². The molecule has 2 rings (SSSR count). The number of nitrogens with one attached hydrogen (secondary N) is 1. The first-order chi connectivity index (χ1) is 10.1. The SMILES string of the molecule is CCNC(CCCc1cccs1)c1ccc(C)c(F)c1F. The molecule has 1 nitrogen and oxygen atoms in total. The van der Waals surface area contributed by atoms with Crippen LogP contribution in [0.15, 0.2) is 29.6 Å². The van der Waals surface area contributed by atoms with E-state index in [1.807, 2.05) is 13.0 Å². The average molecular weight is 309 g/mol. The third kappa shape index (κ3) is 4.11. The van der Waals surface area contributed by atoms with Crippen molar-refractivity contribution < 1.29 is 8.78 Å². The van der Waals surface area contributed by atoms with Gasteiger partial charge in [-0.25, -0.2) is 8.78 Å². The lowest BCUT2D eigenvalue weighted by molar-refractivity contribution is 0.443. The van der Waals surface area contributed by atoms with Gasteiger partial charge in [0.2, 0.25) is 0 Å². The molecule has 21 heavy (non-hydrogen) atoms. The maximum absolute atomic E-state index is 14.1. The molecule has 0 aliphatic carbocycles. The van der Waals surface area contributed by atoms with Gasteiger partial charge in [-0.2, -0.15) is 0 Å². The van der Waals surface area contributed by atoms with Gasteiger partial charge in [0.25, 0.3) is 0 Å². The fourth-order valence-electron chi connectivity index (χ4n) is 2.48. The lowest BCUT2D eigenvalue weighted by Crippen LogP contribution is -2.22. The third-order valence-corrected chi connectivity index (χ3v) is 4.56. The van der Waals surface area contributed by atoms with Gasteiger partial charge in [-0.3, -0.25) is 0 Å². The lowest BCUT2D eigenvalue weighted by atomic mass is 9.98. The Morgan fingerprint density at radius 2 is 2.00 bits per heavy atom. The van der Waals surface area contributed by atoms with Crippen LogP contribution in [0.5, 0.6) is 0 Å². The number of benzene rings is 1. The van der Waals surface area contributed by atoms with E-state index in [-0.39, 0.29) is 6.04 Å². The van der Waals surface area contributed by atoms with Crippen molar-refractivity contribution in [2.45, 2.75) is 39.2 Å². The minimum absolute atomic E-state index is 0.134. The van der Waals surface area contributed by atoms with E-state index in [9.17, 15) is 8.78 Å². The monoisotopic (exact) mass is 309 g/mol. The van der Waals surface area contributed by atoms with E-state index in [0.29, 0.717) is 11.1 Å². The molecule has 1 heterocycles. The summed E-state index contributed by atoms with van der Waals surface area (Å²) in [6.07, 6.45) is 2.73. The molecule has 4 heteroatoms. The van der Waals surface area contributed by atoms with Crippen molar-refractivity contribution in [1.29, 1.82) is 0 Å². The van der Waals surface area contributed by atoms with Gasteiger partial charge in [-0.1, -0.05) is 25.1 Å². The van der Waals surface area contributed by atoms with Crippen LogP contribution in [-0.2, 0) is 6.42 Å². The summed E-state index contributed by atoms with van der Waals surface area (Å²) in [6.45, 7) is 4.30. The first kappa shape index (κ1) is 16.1. The van der Waals surface area contributed by atoms with Gasteiger partial charge in [-0.05, 0) is 49.7 Å². The molecule has 0 amide bonds. The number of hydrogen-bond acceptors (Lipinski definition) is 2. The normalized spacial score (nSPS) is 12.6. The topological polar surface area (TPSA) is 12.0 Å². The fourth-order valence-corrected chi connectivity index (χ4v) is 3.23. The summed E-state index contributed by atoms with van der Waals surface area (Å²) in [4.78, 5) is 1.33. The highest BCUT2D eigenvalue weighted by atomic mass is 32.1. The van der Waals surface area contributed by atoms with Crippen molar-refractivity contribution in [2.24, 2.45) is 0 Å². The van der Waals surface area contributed by atoms with E-state index in [2.05, 4.69) is 16.8 Å². The minimum Gasteiger partial charge on any atom is -0.310 e. The molecule has 2 aromatic rings. The summed E-state index contributed by atoms with van der Waals surface area (Å²) in [5.74, 6) is -1.44. The van der Waals surface area contributed by atoms with Crippen LogP contribution in [-0.4, -0.2) is 6.54 Å². The second-order valence-electron chi connectivity index (χ2n) is 5.18. The van der Waals surface area contributed by atoms with Gasteiger partial charge < -0.3 is 5.32 Å². The summed E-state index contributed by atoms with van der Waals surface area (Å²) in [6, 6.07) is 7.37. The first-order valence-corrected chi connectivity index (χ1v) is 8.21. The Morgan fingerprint density at radius 3 is 2.67 bits per heavy atom. The number of hydrogen-bond donors (Lipinski definition) is 1. The Hall–Kier alpha value is -1.26. The van der Waals surface area contributed by atoms with Gasteiger partial charge in [0.15, 0.2) is 11.6 Å². The molecular weight excluding hydrogens is 288 g/mol. The highest BCUT2D eigenvalue weighted by Crippen LogP contribution is 2.26. The molecule has 0 saturated heterocycles. The smallest absolute Gasteiger partial charge is 0.163 e. The van der Waals surface area contributed by atoms with Crippen molar-refractivity contribution in [3.8, 4) is 0 Å². The molecule has 1 N–H and O–H groups in total. The largest absolute Gasteiger partial charge is 0.310 e. The van der Waals surface area contributed by atoms with Gasteiger partial charge in [0.05, 0.1) is 0 Å². The Kier molecular flexibility index (Phi) is 5.88. The minimum atomic E-state index is -0.728. The second-order valence-corrected chi connectivity index (χ2v) is 6.21. The van der Waals surface area contributed by atoms with Gasteiger partial charge in [0, 0.05) is 16.5 Å². The maximum Gasteiger partial charge on any atom is 0.163 e. The summed E-state index contributed by atoms with van der Waals surface area (Å²) in [5.41, 5.74) is 0.788. The molecule has 0 fully saturated rings. The summed E-state index contributed by atoms with van der Waals surface area (Å²) in [5, 5.41) is 5.32. The van der Waals surface area contributed by atoms with Gasteiger partial charge >= 0.3 is 0 Å². The Balaban J connectivity index is 2.06. The molecule has 1 aromatic heterocycles. The van der Waals surface area contributed by atoms with Crippen molar-refractivity contribution >= 4 is 11.3 Å². The van der Waals surface area contributed by atoms with Crippen LogP contribution >= 0.6 is 11.3 Å². The van der Waals surface area contributed by atoms with E-state index in [1.165, 1.54) is 4.88 Å². The van der Waals surface area contributed by atoms with Crippen LogP contribution in [0.25, 0.3) is 0 Å². The first-order valence-electron chi connectivity index (χ1n) is 7.33. The molecule has 0 spiro atoms. The summed E-state index contributed by atoms with van der Waals surface area (Å²) >= 11 is 1.74. The Bertz CT molecular complexity index is 566. The zero-order valence-electron chi connectivity index (χ0n) is 12.5. The highest BCUT2D eigenvalue weighted by Gasteiger charge is 2.18. The predicted octanol–water partition coefficient (Wildman–Crippen LogP) is 5.01. The second kappa shape index (κ2) is 7.66. The molecular formula is C17H21F2NS. The number of rotatable bonds is 7. The number of halogens is 2. The Labute approximate surface area is 129 Å². The standard InChI is InChI=1S/C17H21F2NS/c1-3-20-15(8-4-6-13-7-5-11-21-13)14-10-9-12(2)16(18)17(14)19/h5,7,9-11,15,20H,3-4,6,8H2,1-2H3. The van der Waals surface area contributed by atoms with E-state index in [4.69, 9.17) is 0 Å². The van der Waals surface area contributed by atoms with E-state index < -0.39 is 11.6 Å². The highest BCUT2D eigenvalue weighted by molar-refractivity contribution is 7.09. The molecule has 0 aliphatic rings. The summed E-state index contributed by atoms with van der Waals surface area (Å²) in [7, 11) is 0. The van der Waals surface area contributed by atoms with Gasteiger partial charge in [-0.15, -0.1) is 11.3 Å². The van der Waals surface area contributed by atoms with Crippen molar-refractivity contribution in [3.05, 3.63) is 57.3 Å². The Morgan fingerprint density at radius 1 is 1.19 bits per heavy atom. The zero-order valence-corrected chi connectivity index (χ0v) is 13.3. The summed E-state index contributed by atoms with van der Waals surface area (Å²) < 4.78 is 27.9. The number of thiophene rings is 1.